The first-order chi connectivity index (χ1) is 9.58. The highest BCUT2D eigenvalue weighted by atomic mass is 35.5. The number of hydrogen-bond donors (Lipinski definition) is 1. The molecule has 5 heteroatoms. The first kappa shape index (κ1) is 14.9. The van der Waals surface area contributed by atoms with Gasteiger partial charge in [0, 0.05) is 23.8 Å². The summed E-state index contributed by atoms with van der Waals surface area (Å²) < 4.78 is 0. The highest BCUT2D eigenvalue weighted by Crippen LogP contribution is 2.19. The van der Waals surface area contributed by atoms with Crippen molar-refractivity contribution in [1.82, 2.24) is 4.90 Å². The average Bonchev–Trinajstić information content (AvgIpc) is 2.70. The zero-order chi connectivity index (χ0) is 14.5. The number of aryl methyl sites for hydroxylation is 1. The van der Waals surface area contributed by atoms with Crippen molar-refractivity contribution in [2.45, 2.75) is 32.6 Å². The molecule has 0 aliphatic carbocycles. The predicted octanol–water partition coefficient (Wildman–Crippen LogP) is 2.99. The van der Waals surface area contributed by atoms with Crippen molar-refractivity contribution in [1.29, 1.82) is 0 Å². The lowest BCUT2D eigenvalue weighted by Crippen LogP contribution is -2.40. The molecule has 0 aromatic heterocycles. The van der Waals surface area contributed by atoms with Gasteiger partial charge in [-0.1, -0.05) is 24.4 Å². The van der Waals surface area contributed by atoms with E-state index in [2.05, 4.69) is 5.32 Å². The topological polar surface area (TPSA) is 49.4 Å². The van der Waals surface area contributed by atoms with Crippen molar-refractivity contribution in [3.8, 4) is 0 Å². The third-order valence-electron chi connectivity index (χ3n) is 3.52. The monoisotopic (exact) mass is 294 g/mol. The quantitative estimate of drug-likeness (QED) is 0.810. The molecule has 2 rings (SSSR count). The van der Waals surface area contributed by atoms with Gasteiger partial charge < -0.3 is 10.2 Å². The van der Waals surface area contributed by atoms with E-state index >= 15 is 0 Å². The minimum absolute atomic E-state index is 0.443. The Morgan fingerprint density at radius 1 is 1.15 bits per heavy atom. The van der Waals surface area contributed by atoms with Gasteiger partial charge in [0.25, 0.3) is 0 Å². The molecule has 1 aliphatic heterocycles. The maximum absolute atomic E-state index is 12.1. The minimum Gasteiger partial charge on any atom is -0.334 e. The molecule has 0 unspecified atom stereocenters. The standard InChI is InChI=1S/C15H19ClN2O2/c1-11-10-12(16)6-7-13(11)17-14(19)15(20)18-8-4-2-3-5-9-18/h6-7,10H,2-5,8-9H2,1H3,(H,17,19). The third kappa shape index (κ3) is 3.73. The molecule has 1 aromatic rings. The molecule has 0 spiro atoms. The molecule has 108 valence electrons. The van der Waals surface area contributed by atoms with E-state index in [-0.39, 0.29) is 0 Å². The number of nitrogens with one attached hydrogen (secondary N) is 1. The molecular formula is C15H19ClN2O2. The molecule has 1 aliphatic rings. The summed E-state index contributed by atoms with van der Waals surface area (Å²) in [6, 6.07) is 5.17. The summed E-state index contributed by atoms with van der Waals surface area (Å²) in [7, 11) is 0. The van der Waals surface area contributed by atoms with Crippen molar-refractivity contribution >= 4 is 29.1 Å². The number of likely N-dealkylation sites (tertiary alicyclic amines) is 1. The second kappa shape index (κ2) is 6.75. The number of rotatable bonds is 1. The molecule has 1 fully saturated rings. The van der Waals surface area contributed by atoms with Gasteiger partial charge in [-0.05, 0) is 43.5 Å². The van der Waals surface area contributed by atoms with Crippen LogP contribution in [0.3, 0.4) is 0 Å². The fourth-order valence-electron chi connectivity index (χ4n) is 2.36. The van der Waals surface area contributed by atoms with Gasteiger partial charge in [-0.15, -0.1) is 0 Å². The first-order valence-corrected chi connectivity index (χ1v) is 7.32. The summed E-state index contributed by atoms with van der Waals surface area (Å²) in [5, 5.41) is 3.28. The van der Waals surface area contributed by atoms with Crippen LogP contribution in [0.2, 0.25) is 5.02 Å². The lowest BCUT2D eigenvalue weighted by atomic mass is 10.2. The number of nitrogens with zero attached hydrogens (tertiary/aromatic N) is 1. The molecule has 1 heterocycles. The Labute approximate surface area is 124 Å². The van der Waals surface area contributed by atoms with E-state index in [0.29, 0.717) is 23.8 Å². The molecule has 1 N–H and O–H groups in total. The maximum Gasteiger partial charge on any atom is 0.313 e. The van der Waals surface area contributed by atoms with Crippen LogP contribution in [-0.4, -0.2) is 29.8 Å². The molecule has 0 bridgehead atoms. The highest BCUT2D eigenvalue weighted by Gasteiger charge is 2.22. The Balaban J connectivity index is 2.01. The summed E-state index contributed by atoms with van der Waals surface area (Å²) in [5.41, 5.74) is 1.47. The Kier molecular flexibility index (Phi) is 5.01. The van der Waals surface area contributed by atoms with Crippen LogP contribution in [-0.2, 0) is 9.59 Å². The zero-order valence-corrected chi connectivity index (χ0v) is 12.4. The summed E-state index contributed by atoms with van der Waals surface area (Å²) in [6.07, 6.45) is 4.20. The normalized spacial score (nSPS) is 15.6. The van der Waals surface area contributed by atoms with Crippen LogP contribution in [0.4, 0.5) is 5.69 Å². The molecule has 20 heavy (non-hydrogen) atoms. The van der Waals surface area contributed by atoms with Gasteiger partial charge in [-0.25, -0.2) is 0 Å². The van der Waals surface area contributed by atoms with Crippen LogP contribution >= 0.6 is 11.6 Å². The Morgan fingerprint density at radius 3 is 2.40 bits per heavy atom. The van der Waals surface area contributed by atoms with Gasteiger partial charge in [0.15, 0.2) is 0 Å². The van der Waals surface area contributed by atoms with Crippen LogP contribution in [0, 0.1) is 6.92 Å². The van der Waals surface area contributed by atoms with Crippen molar-refractivity contribution in [2.75, 3.05) is 18.4 Å². The lowest BCUT2D eigenvalue weighted by molar-refractivity contribution is -0.143. The lowest BCUT2D eigenvalue weighted by Gasteiger charge is -2.19. The van der Waals surface area contributed by atoms with Crippen molar-refractivity contribution < 1.29 is 9.59 Å². The number of carbonyl (C=O) groups excluding carboxylic acids is 2. The molecule has 1 saturated heterocycles. The third-order valence-corrected chi connectivity index (χ3v) is 3.76. The van der Waals surface area contributed by atoms with E-state index in [4.69, 9.17) is 11.6 Å². The van der Waals surface area contributed by atoms with Crippen molar-refractivity contribution in [3.05, 3.63) is 28.8 Å². The summed E-state index contributed by atoms with van der Waals surface area (Å²) in [5.74, 6) is -1.02. The summed E-state index contributed by atoms with van der Waals surface area (Å²) in [4.78, 5) is 25.8. The molecule has 0 radical (unpaired) electrons. The molecular weight excluding hydrogens is 276 g/mol. The van der Waals surface area contributed by atoms with Gasteiger partial charge in [0.1, 0.15) is 0 Å². The van der Waals surface area contributed by atoms with E-state index in [0.717, 1.165) is 31.2 Å². The molecule has 0 saturated carbocycles. The summed E-state index contributed by atoms with van der Waals surface area (Å²) in [6.45, 7) is 3.19. The largest absolute Gasteiger partial charge is 0.334 e. The molecule has 0 atom stereocenters. The van der Waals surface area contributed by atoms with Gasteiger partial charge >= 0.3 is 11.8 Å². The van der Waals surface area contributed by atoms with Crippen molar-refractivity contribution in [2.24, 2.45) is 0 Å². The smallest absolute Gasteiger partial charge is 0.313 e. The molecule has 4 nitrogen and oxygen atoms in total. The Morgan fingerprint density at radius 2 is 1.80 bits per heavy atom. The number of amides is 2. The van der Waals surface area contributed by atoms with Crippen LogP contribution in [0.15, 0.2) is 18.2 Å². The van der Waals surface area contributed by atoms with E-state index in [1.54, 1.807) is 23.1 Å². The van der Waals surface area contributed by atoms with E-state index < -0.39 is 11.8 Å². The maximum atomic E-state index is 12.1. The van der Waals surface area contributed by atoms with Gasteiger partial charge in [0.2, 0.25) is 0 Å². The van der Waals surface area contributed by atoms with Gasteiger partial charge in [-0.2, -0.15) is 0 Å². The van der Waals surface area contributed by atoms with Crippen LogP contribution in [0.25, 0.3) is 0 Å². The SMILES string of the molecule is Cc1cc(Cl)ccc1NC(=O)C(=O)N1CCCCCC1. The first-order valence-electron chi connectivity index (χ1n) is 6.94. The van der Waals surface area contributed by atoms with E-state index in [1.165, 1.54) is 0 Å². The van der Waals surface area contributed by atoms with Gasteiger partial charge in [-0.3, -0.25) is 9.59 Å². The van der Waals surface area contributed by atoms with Crippen LogP contribution in [0.5, 0.6) is 0 Å². The minimum atomic E-state index is -0.572. The molecule has 1 aromatic carbocycles. The zero-order valence-electron chi connectivity index (χ0n) is 11.6. The number of halogens is 1. The predicted molar refractivity (Wildman–Crippen MR) is 79.9 cm³/mol. The number of anilines is 1. The Bertz CT molecular complexity index is 509. The van der Waals surface area contributed by atoms with Gasteiger partial charge in [0.05, 0.1) is 0 Å². The summed E-state index contributed by atoms with van der Waals surface area (Å²) >= 11 is 5.87. The average molecular weight is 295 g/mol. The fraction of sp³-hybridized carbons (Fsp3) is 0.467. The fourth-order valence-corrected chi connectivity index (χ4v) is 2.59. The van der Waals surface area contributed by atoms with Crippen LogP contribution < -0.4 is 5.32 Å². The van der Waals surface area contributed by atoms with E-state index in [9.17, 15) is 9.59 Å². The van der Waals surface area contributed by atoms with Crippen LogP contribution in [0.1, 0.15) is 31.2 Å². The van der Waals surface area contributed by atoms with E-state index in [1.807, 2.05) is 6.92 Å². The number of carbonyl (C=O) groups is 2. The second-order valence-electron chi connectivity index (χ2n) is 5.12. The highest BCUT2D eigenvalue weighted by molar-refractivity contribution is 6.39. The Hall–Kier alpha value is -1.55. The number of benzene rings is 1. The number of hydrogen-bond acceptors (Lipinski definition) is 2. The molecule has 2 amide bonds. The van der Waals surface area contributed by atoms with Crippen molar-refractivity contribution in [3.63, 3.8) is 0 Å². The second-order valence-corrected chi connectivity index (χ2v) is 5.56.